The van der Waals surface area contributed by atoms with E-state index in [2.05, 4.69) is 31.9 Å². The van der Waals surface area contributed by atoms with Crippen molar-refractivity contribution in [2.45, 2.75) is 0 Å². The molecule has 2 aromatic rings. The van der Waals surface area contributed by atoms with Gasteiger partial charge in [-0.15, -0.1) is 0 Å². The number of nitro groups is 1. The maximum atomic E-state index is 10.2. The number of nitro benzene ring substituents is 1. The first-order valence-electron chi connectivity index (χ1n) is 5.10. The van der Waals surface area contributed by atoms with Gasteiger partial charge in [-0.1, -0.05) is 24.3 Å². The van der Waals surface area contributed by atoms with E-state index in [0.717, 1.165) is 4.47 Å². The van der Waals surface area contributed by atoms with E-state index in [1.54, 1.807) is 24.3 Å². The van der Waals surface area contributed by atoms with Crippen LogP contribution in [0.2, 0.25) is 0 Å². The maximum absolute atomic E-state index is 10.2. The van der Waals surface area contributed by atoms with E-state index in [9.17, 15) is 10.1 Å². The molecule has 2 N–H and O–H groups in total. The van der Waals surface area contributed by atoms with E-state index < -0.39 is 4.92 Å². The number of halogens is 2. The van der Waals surface area contributed by atoms with Crippen LogP contribution in [-0.2, 0) is 0 Å². The van der Waals surface area contributed by atoms with Gasteiger partial charge in [0, 0.05) is 10.5 Å². The van der Waals surface area contributed by atoms with E-state index in [1.807, 2.05) is 23.7 Å². The minimum atomic E-state index is -0.427. The molecule has 0 bridgehead atoms. The first kappa shape index (κ1) is 15.6. The molecule has 2 aromatic carbocycles. The summed E-state index contributed by atoms with van der Waals surface area (Å²) in [4.78, 5) is 9.77. The molecule has 19 heavy (non-hydrogen) atoms. The van der Waals surface area contributed by atoms with Gasteiger partial charge in [0.1, 0.15) is 0 Å². The second kappa shape index (κ2) is 7.88. The average Bonchev–Trinajstić information content (AvgIpc) is 2.40. The van der Waals surface area contributed by atoms with Crippen molar-refractivity contribution in [2.75, 3.05) is 5.48 Å². The number of anilines is 1. The van der Waals surface area contributed by atoms with Crippen LogP contribution in [0.25, 0.3) is 0 Å². The molecule has 0 aliphatic carbocycles. The summed E-state index contributed by atoms with van der Waals surface area (Å²) < 4.78 is 1.37. The lowest BCUT2D eigenvalue weighted by atomic mass is 10.3. The highest BCUT2D eigenvalue weighted by Crippen LogP contribution is 2.22. The molecule has 2 rings (SSSR count). The number of para-hydroxylation sites is 2. The Balaban J connectivity index is 0.000000191. The SMILES string of the molecule is O=[N+]([O-])c1ccccc1Br.ONc1ccccc1Br. The summed E-state index contributed by atoms with van der Waals surface area (Å²) >= 11 is 6.29. The Labute approximate surface area is 126 Å². The molecule has 0 aromatic heterocycles. The molecule has 0 amide bonds. The van der Waals surface area contributed by atoms with Crippen molar-refractivity contribution in [3.8, 4) is 0 Å². The van der Waals surface area contributed by atoms with E-state index in [-0.39, 0.29) is 5.69 Å². The molecule has 0 unspecified atom stereocenters. The Morgan fingerprint density at radius 3 is 1.89 bits per heavy atom. The lowest BCUT2D eigenvalue weighted by molar-refractivity contribution is -0.385. The third-order valence-electron chi connectivity index (χ3n) is 2.04. The highest BCUT2D eigenvalue weighted by atomic mass is 79.9. The summed E-state index contributed by atoms with van der Waals surface area (Å²) in [6.07, 6.45) is 0. The van der Waals surface area contributed by atoms with Crippen LogP contribution < -0.4 is 5.48 Å². The van der Waals surface area contributed by atoms with Gasteiger partial charge in [-0.25, -0.2) is 0 Å². The van der Waals surface area contributed by atoms with Gasteiger partial charge in [0.05, 0.1) is 15.1 Å². The molecule has 0 aliphatic rings. The zero-order chi connectivity index (χ0) is 14.3. The van der Waals surface area contributed by atoms with Gasteiger partial charge in [0.15, 0.2) is 0 Å². The molecular weight excluding hydrogens is 380 g/mol. The number of rotatable bonds is 2. The van der Waals surface area contributed by atoms with E-state index in [1.165, 1.54) is 6.07 Å². The third kappa shape index (κ3) is 4.98. The molecule has 0 aliphatic heterocycles. The van der Waals surface area contributed by atoms with Crippen molar-refractivity contribution < 1.29 is 10.1 Å². The third-order valence-corrected chi connectivity index (χ3v) is 3.41. The van der Waals surface area contributed by atoms with Crippen LogP contribution in [-0.4, -0.2) is 10.1 Å². The van der Waals surface area contributed by atoms with E-state index >= 15 is 0 Å². The van der Waals surface area contributed by atoms with Crippen molar-refractivity contribution in [1.82, 2.24) is 0 Å². The predicted octanol–water partition coefficient (Wildman–Crippen LogP) is 4.61. The molecule has 0 radical (unpaired) electrons. The average molecular weight is 390 g/mol. The fourth-order valence-electron chi connectivity index (χ4n) is 1.15. The number of hydrogen-bond acceptors (Lipinski definition) is 4. The molecule has 0 heterocycles. The zero-order valence-corrected chi connectivity index (χ0v) is 12.8. The van der Waals surface area contributed by atoms with Crippen LogP contribution in [0, 0.1) is 10.1 Å². The summed E-state index contributed by atoms with van der Waals surface area (Å²) in [6.45, 7) is 0. The summed E-state index contributed by atoms with van der Waals surface area (Å²) in [5, 5.41) is 18.6. The van der Waals surface area contributed by atoms with Gasteiger partial charge in [-0.3, -0.25) is 20.8 Å². The summed E-state index contributed by atoms with van der Waals surface area (Å²) in [5.74, 6) is 0. The number of hydrogen-bond donors (Lipinski definition) is 2. The number of nitrogens with one attached hydrogen (secondary N) is 1. The smallest absolute Gasteiger partial charge is 0.283 e. The topological polar surface area (TPSA) is 75.4 Å². The summed E-state index contributed by atoms with van der Waals surface area (Å²) in [6, 6.07) is 13.8. The highest BCUT2D eigenvalue weighted by molar-refractivity contribution is 9.11. The Kier molecular flexibility index (Phi) is 6.48. The number of nitrogens with zero attached hydrogens (tertiary/aromatic N) is 1. The largest absolute Gasteiger partial charge is 0.291 e. The van der Waals surface area contributed by atoms with Crippen molar-refractivity contribution >= 4 is 43.2 Å². The lowest BCUT2D eigenvalue weighted by Crippen LogP contribution is -1.88. The molecular formula is C12H10Br2N2O3. The fraction of sp³-hybridized carbons (Fsp3) is 0. The standard InChI is InChI=1S/C6H4BrNO2.C6H6BrNO/c7-5-3-1-2-4-6(5)8(9)10;7-5-3-1-2-4-6(5)8-9/h1-4H;1-4,8-9H. The molecule has 0 spiro atoms. The summed E-state index contributed by atoms with van der Waals surface area (Å²) in [5.41, 5.74) is 2.83. The van der Waals surface area contributed by atoms with Gasteiger partial charge in [-0.2, -0.15) is 0 Å². The molecule has 100 valence electrons. The summed E-state index contributed by atoms with van der Waals surface area (Å²) in [7, 11) is 0. The van der Waals surface area contributed by atoms with E-state index in [0.29, 0.717) is 10.2 Å². The van der Waals surface area contributed by atoms with Crippen LogP contribution in [0.4, 0.5) is 11.4 Å². The second-order valence-electron chi connectivity index (χ2n) is 3.30. The first-order chi connectivity index (χ1) is 9.06. The predicted molar refractivity (Wildman–Crippen MR) is 80.3 cm³/mol. The lowest BCUT2D eigenvalue weighted by Gasteiger charge is -1.98. The maximum Gasteiger partial charge on any atom is 0.283 e. The number of benzene rings is 2. The molecule has 0 fully saturated rings. The van der Waals surface area contributed by atoms with Crippen LogP contribution in [0.1, 0.15) is 0 Å². The van der Waals surface area contributed by atoms with Crippen molar-refractivity contribution in [2.24, 2.45) is 0 Å². The van der Waals surface area contributed by atoms with Crippen LogP contribution in [0.15, 0.2) is 57.5 Å². The van der Waals surface area contributed by atoms with Crippen LogP contribution >= 0.6 is 31.9 Å². The van der Waals surface area contributed by atoms with Gasteiger partial charge >= 0.3 is 0 Å². The van der Waals surface area contributed by atoms with Gasteiger partial charge in [-0.05, 0) is 50.1 Å². The van der Waals surface area contributed by atoms with Crippen molar-refractivity contribution in [3.63, 3.8) is 0 Å². The first-order valence-corrected chi connectivity index (χ1v) is 6.68. The minimum Gasteiger partial charge on any atom is -0.291 e. The van der Waals surface area contributed by atoms with Gasteiger partial charge < -0.3 is 0 Å². The van der Waals surface area contributed by atoms with Crippen molar-refractivity contribution in [1.29, 1.82) is 0 Å². The Morgan fingerprint density at radius 1 is 1.00 bits per heavy atom. The van der Waals surface area contributed by atoms with Gasteiger partial charge in [0.2, 0.25) is 0 Å². The minimum absolute atomic E-state index is 0.0995. The molecule has 7 heteroatoms. The Morgan fingerprint density at radius 2 is 1.53 bits per heavy atom. The molecule has 0 atom stereocenters. The zero-order valence-electron chi connectivity index (χ0n) is 9.59. The molecule has 0 saturated carbocycles. The Bertz CT molecular complexity index is 564. The normalized spacial score (nSPS) is 9.21. The van der Waals surface area contributed by atoms with E-state index in [4.69, 9.17) is 5.21 Å². The van der Waals surface area contributed by atoms with Gasteiger partial charge in [0.25, 0.3) is 5.69 Å². The highest BCUT2D eigenvalue weighted by Gasteiger charge is 2.07. The molecule has 5 nitrogen and oxygen atoms in total. The van der Waals surface area contributed by atoms with Crippen LogP contribution in [0.3, 0.4) is 0 Å². The quantitative estimate of drug-likeness (QED) is 0.581. The second-order valence-corrected chi connectivity index (χ2v) is 5.01. The monoisotopic (exact) mass is 388 g/mol. The Hall–Kier alpha value is -1.44. The van der Waals surface area contributed by atoms with Crippen molar-refractivity contribution in [3.05, 3.63) is 67.6 Å². The van der Waals surface area contributed by atoms with Crippen LogP contribution in [0.5, 0.6) is 0 Å². The molecule has 0 saturated heterocycles. The fourth-order valence-corrected chi connectivity index (χ4v) is 1.95.